The number of thiophene rings is 1. The minimum absolute atomic E-state index is 0.0458. The van der Waals surface area contributed by atoms with Crippen LogP contribution >= 0.6 is 27.3 Å². The van der Waals surface area contributed by atoms with E-state index in [0.717, 1.165) is 33.6 Å². The number of halogens is 1. The summed E-state index contributed by atoms with van der Waals surface area (Å²) in [6, 6.07) is 5.44. The van der Waals surface area contributed by atoms with Gasteiger partial charge in [-0.25, -0.2) is 0 Å². The van der Waals surface area contributed by atoms with Gasteiger partial charge in [0.1, 0.15) is 6.10 Å². The van der Waals surface area contributed by atoms with Crippen molar-refractivity contribution in [2.45, 2.75) is 68.7 Å². The fraction of sp³-hybridized carbons (Fsp3) is 0.500. The molecule has 0 radical (unpaired) electrons. The summed E-state index contributed by atoms with van der Waals surface area (Å²) < 4.78 is 7.69. The predicted octanol–water partition coefficient (Wildman–Crippen LogP) is 5.12. The Bertz CT molecular complexity index is 1310. The number of carbonyl (C=O) groups is 1. The molecule has 2 fully saturated rings. The number of phenolic OH excluding ortho intramolecular Hbond substituents is 1. The second-order valence-corrected chi connectivity index (χ2v) is 13.5. The summed E-state index contributed by atoms with van der Waals surface area (Å²) in [4.78, 5) is 19.1. The van der Waals surface area contributed by atoms with Crippen LogP contribution in [0.4, 0.5) is 0 Å². The number of likely N-dealkylation sites (tertiary alicyclic amines) is 1. The second-order valence-electron chi connectivity index (χ2n) is 11.6. The smallest absolute Gasteiger partial charge is 0.246 e. The lowest BCUT2D eigenvalue weighted by molar-refractivity contribution is -0.199. The van der Waals surface area contributed by atoms with Gasteiger partial charge in [-0.1, -0.05) is 26.0 Å². The van der Waals surface area contributed by atoms with E-state index >= 15 is 0 Å². The Balaban J connectivity index is 1.43. The van der Waals surface area contributed by atoms with Gasteiger partial charge in [0, 0.05) is 45.5 Å². The van der Waals surface area contributed by atoms with E-state index in [1.165, 1.54) is 0 Å². The number of benzene rings is 1. The Morgan fingerprint density at radius 3 is 2.92 bits per heavy atom. The van der Waals surface area contributed by atoms with E-state index in [2.05, 4.69) is 41.3 Å². The normalized spacial score (nSPS) is 31.3. The van der Waals surface area contributed by atoms with E-state index in [9.17, 15) is 15.0 Å². The number of phenols is 1. The lowest BCUT2D eigenvalue weighted by Crippen LogP contribution is -2.78. The molecule has 38 heavy (non-hydrogen) atoms. The van der Waals surface area contributed by atoms with Crippen molar-refractivity contribution in [1.29, 1.82) is 0 Å². The minimum Gasteiger partial charge on any atom is -0.504 e. The molecule has 202 valence electrons. The molecule has 4 aliphatic rings. The Morgan fingerprint density at radius 2 is 2.21 bits per heavy atom. The zero-order valence-corrected chi connectivity index (χ0v) is 24.3. The third-order valence-electron chi connectivity index (χ3n) is 9.13. The van der Waals surface area contributed by atoms with Crippen molar-refractivity contribution in [1.82, 2.24) is 9.80 Å². The van der Waals surface area contributed by atoms with Gasteiger partial charge in [-0.2, -0.15) is 0 Å². The Morgan fingerprint density at radius 1 is 1.39 bits per heavy atom. The van der Waals surface area contributed by atoms with Gasteiger partial charge in [0.15, 0.2) is 11.5 Å². The summed E-state index contributed by atoms with van der Waals surface area (Å²) in [6.07, 6.45) is 7.67. The van der Waals surface area contributed by atoms with Crippen molar-refractivity contribution >= 4 is 39.2 Å². The predicted molar refractivity (Wildman–Crippen MR) is 154 cm³/mol. The van der Waals surface area contributed by atoms with E-state index in [1.54, 1.807) is 23.5 Å². The molecule has 3 heterocycles. The van der Waals surface area contributed by atoms with Gasteiger partial charge in [0.2, 0.25) is 5.91 Å². The van der Waals surface area contributed by atoms with E-state index < -0.39 is 17.1 Å². The fourth-order valence-electron chi connectivity index (χ4n) is 7.76. The summed E-state index contributed by atoms with van der Waals surface area (Å²) in [6.45, 7) is 10.3. The molecule has 0 unspecified atom stereocenters. The molecule has 1 saturated carbocycles. The number of hydrogen-bond acceptors (Lipinski definition) is 6. The van der Waals surface area contributed by atoms with Crippen LogP contribution in [0.3, 0.4) is 0 Å². The van der Waals surface area contributed by atoms with Gasteiger partial charge >= 0.3 is 0 Å². The first-order valence-electron chi connectivity index (χ1n) is 13.5. The maximum atomic E-state index is 13.8. The monoisotopic (exact) mass is 598 g/mol. The first-order chi connectivity index (χ1) is 18.2. The van der Waals surface area contributed by atoms with Crippen LogP contribution in [0.15, 0.2) is 46.8 Å². The molecule has 2 aromatic rings. The lowest BCUT2D eigenvalue weighted by atomic mass is 9.48. The molecule has 1 spiro atoms. The van der Waals surface area contributed by atoms with Crippen molar-refractivity contribution in [3.8, 4) is 11.5 Å². The summed E-state index contributed by atoms with van der Waals surface area (Å²) in [5, 5.41) is 25.5. The number of rotatable bonds is 7. The first kappa shape index (κ1) is 26.1. The molecule has 5 atom stereocenters. The van der Waals surface area contributed by atoms with Crippen LogP contribution in [0.5, 0.6) is 11.5 Å². The van der Waals surface area contributed by atoms with Crippen LogP contribution in [0.1, 0.15) is 49.1 Å². The maximum absolute atomic E-state index is 13.8. The van der Waals surface area contributed by atoms with Crippen LogP contribution in [0.25, 0.3) is 6.08 Å². The Kier molecular flexibility index (Phi) is 6.53. The first-order valence-corrected chi connectivity index (χ1v) is 15.2. The molecule has 8 heteroatoms. The van der Waals surface area contributed by atoms with Gasteiger partial charge in [-0.3, -0.25) is 9.69 Å². The van der Waals surface area contributed by atoms with Crippen LogP contribution < -0.4 is 4.74 Å². The molecule has 1 amide bonds. The summed E-state index contributed by atoms with van der Waals surface area (Å²) in [5.74, 6) is 0.841. The highest BCUT2D eigenvalue weighted by molar-refractivity contribution is 9.10. The van der Waals surface area contributed by atoms with E-state index in [4.69, 9.17) is 4.74 Å². The van der Waals surface area contributed by atoms with Crippen molar-refractivity contribution in [3.63, 3.8) is 0 Å². The number of aromatic hydroxyl groups is 1. The molecule has 2 aliphatic carbocycles. The molecular weight excluding hydrogens is 564 g/mol. The molecule has 2 N–H and O–H groups in total. The van der Waals surface area contributed by atoms with Gasteiger partial charge in [0.25, 0.3) is 0 Å². The van der Waals surface area contributed by atoms with Crippen molar-refractivity contribution < 1.29 is 19.7 Å². The molecular formula is C30H35BrN2O4S. The highest BCUT2D eigenvalue weighted by Gasteiger charge is 2.73. The maximum Gasteiger partial charge on any atom is 0.246 e. The molecule has 2 aliphatic heterocycles. The van der Waals surface area contributed by atoms with E-state index in [-0.39, 0.29) is 29.7 Å². The van der Waals surface area contributed by atoms with E-state index in [0.29, 0.717) is 38.0 Å². The van der Waals surface area contributed by atoms with Crippen molar-refractivity contribution in [2.75, 3.05) is 19.6 Å². The molecule has 1 saturated heterocycles. The van der Waals surface area contributed by atoms with Crippen molar-refractivity contribution in [2.24, 2.45) is 5.92 Å². The zero-order valence-electron chi connectivity index (χ0n) is 21.9. The average Bonchev–Trinajstić information content (AvgIpc) is 3.45. The Labute approximate surface area is 236 Å². The zero-order chi connectivity index (χ0) is 26.8. The Hall–Kier alpha value is -2.13. The number of piperidine rings is 1. The number of ether oxygens (including phenoxy) is 1. The highest BCUT2D eigenvalue weighted by atomic mass is 79.9. The summed E-state index contributed by atoms with van der Waals surface area (Å²) >= 11 is 5.07. The fourth-order valence-corrected chi connectivity index (χ4v) is 9.09. The number of amides is 1. The molecule has 1 aromatic heterocycles. The topological polar surface area (TPSA) is 73.2 Å². The quantitative estimate of drug-likeness (QED) is 0.342. The second kappa shape index (κ2) is 9.51. The standard InChI is InChI=1S/C30H35BrN2O4S/c1-4-12-32-13-11-29-26-19-5-7-23(34)27(26)37-28(29)22(9-10-30(29,36)24(32)14-19)33(16-18(2)3)25(35)8-6-21-15-20(31)17-38-21/h4-8,15,17-18,22,24,28,34,36H,1,9-14,16H2,2-3H3/b8-6+/t22-,24+,28-,29-,30+/m0/s1. The van der Waals surface area contributed by atoms with Crippen LogP contribution in [0.2, 0.25) is 0 Å². The molecule has 2 bridgehead atoms. The SMILES string of the molecule is C=CCN1CC[C@]23c4c5ccc(O)c4O[C@H]2[C@@H](N(CC(C)C)C(=O)/C=C/c2cc(Br)cs2)CC[C@@]3(O)[C@H]1C5. The molecule has 6 nitrogen and oxygen atoms in total. The van der Waals surface area contributed by atoms with Crippen LogP contribution in [-0.2, 0) is 16.6 Å². The third kappa shape index (κ3) is 3.74. The highest BCUT2D eigenvalue weighted by Crippen LogP contribution is 2.65. The van der Waals surface area contributed by atoms with Gasteiger partial charge < -0.3 is 19.8 Å². The van der Waals surface area contributed by atoms with E-state index in [1.807, 2.05) is 34.6 Å². The van der Waals surface area contributed by atoms with Crippen LogP contribution in [0, 0.1) is 5.92 Å². The summed E-state index contributed by atoms with van der Waals surface area (Å²) in [5.41, 5.74) is 0.430. The van der Waals surface area contributed by atoms with Crippen molar-refractivity contribution in [3.05, 3.63) is 62.8 Å². The minimum atomic E-state index is -1.01. The number of aliphatic hydroxyl groups is 1. The number of nitrogens with zero attached hydrogens (tertiary/aromatic N) is 2. The largest absolute Gasteiger partial charge is 0.504 e. The number of carbonyl (C=O) groups excluding carboxylic acids is 1. The molecule has 6 rings (SSSR count). The average molecular weight is 600 g/mol. The third-order valence-corrected chi connectivity index (χ3v) is 10.8. The van der Waals surface area contributed by atoms with Gasteiger partial charge in [0.05, 0.1) is 17.1 Å². The molecule has 1 aromatic carbocycles. The summed E-state index contributed by atoms with van der Waals surface area (Å²) in [7, 11) is 0. The number of hydrogen-bond donors (Lipinski definition) is 2. The van der Waals surface area contributed by atoms with Gasteiger partial charge in [-0.05, 0) is 77.8 Å². The lowest BCUT2D eigenvalue weighted by Gasteiger charge is -2.64. The van der Waals surface area contributed by atoms with Gasteiger partial charge in [-0.15, -0.1) is 17.9 Å². The van der Waals surface area contributed by atoms with Crippen LogP contribution in [-0.4, -0.2) is 69.3 Å².